The summed E-state index contributed by atoms with van der Waals surface area (Å²) in [5, 5.41) is 5.85. The zero-order valence-corrected chi connectivity index (χ0v) is 29.9. The van der Waals surface area contributed by atoms with Crippen LogP contribution in [0.15, 0.2) is 60.8 Å². The van der Waals surface area contributed by atoms with E-state index in [0.717, 1.165) is 117 Å². The summed E-state index contributed by atoms with van der Waals surface area (Å²) in [4.78, 5) is 25.4. The predicted molar refractivity (Wildman–Crippen MR) is 194 cm³/mol. The number of ether oxygens (including phenoxy) is 4. The summed E-state index contributed by atoms with van der Waals surface area (Å²) in [6.07, 6.45) is 7.15. The molecule has 0 spiro atoms. The summed E-state index contributed by atoms with van der Waals surface area (Å²) in [5.74, 6) is 1.71. The molecule has 51 heavy (non-hydrogen) atoms. The second kappa shape index (κ2) is 14.4. The highest BCUT2D eigenvalue weighted by atomic mass is 16.6. The average molecular weight is 693 g/mol. The summed E-state index contributed by atoms with van der Waals surface area (Å²) in [5.41, 5.74) is 5.16. The van der Waals surface area contributed by atoms with Gasteiger partial charge in [0.2, 0.25) is 5.88 Å². The minimum absolute atomic E-state index is 0.168. The van der Waals surface area contributed by atoms with Gasteiger partial charge in [0.05, 0.1) is 53.5 Å². The van der Waals surface area contributed by atoms with Crippen molar-refractivity contribution in [3.8, 4) is 5.88 Å². The highest BCUT2D eigenvalue weighted by molar-refractivity contribution is 5.94. The Morgan fingerprint density at radius 1 is 0.922 bits per heavy atom. The van der Waals surface area contributed by atoms with Gasteiger partial charge in [-0.3, -0.25) is 9.58 Å². The van der Waals surface area contributed by atoms with Gasteiger partial charge >= 0.3 is 5.97 Å². The first-order valence-corrected chi connectivity index (χ1v) is 18.5. The van der Waals surface area contributed by atoms with Crippen LogP contribution in [0.5, 0.6) is 5.88 Å². The Labute approximate surface area is 298 Å². The van der Waals surface area contributed by atoms with Crippen LogP contribution in [0.4, 0.5) is 0 Å². The van der Waals surface area contributed by atoms with Crippen LogP contribution in [0.25, 0.3) is 21.9 Å². The normalized spacial score (nSPS) is 19.4. The smallest absolute Gasteiger partial charge is 0.338 e. The lowest BCUT2D eigenvalue weighted by atomic mass is 9.93. The van der Waals surface area contributed by atoms with Crippen molar-refractivity contribution in [2.45, 2.75) is 96.2 Å². The van der Waals surface area contributed by atoms with E-state index in [1.165, 1.54) is 0 Å². The summed E-state index contributed by atoms with van der Waals surface area (Å²) >= 11 is 0. The molecule has 0 aliphatic carbocycles. The van der Waals surface area contributed by atoms with Gasteiger partial charge < -0.3 is 23.5 Å². The van der Waals surface area contributed by atoms with Crippen LogP contribution in [0.2, 0.25) is 0 Å². The quantitative estimate of drug-likeness (QED) is 0.146. The number of benzene rings is 2. The third-order valence-corrected chi connectivity index (χ3v) is 10.3. The molecular formula is C40H48N6O5. The van der Waals surface area contributed by atoms with Crippen molar-refractivity contribution < 1.29 is 23.7 Å². The Bertz CT molecular complexity index is 2000. The Hall–Kier alpha value is -4.32. The first kappa shape index (κ1) is 33.8. The van der Waals surface area contributed by atoms with Crippen LogP contribution in [0, 0.1) is 0 Å². The van der Waals surface area contributed by atoms with Gasteiger partial charge in [-0.05, 0) is 102 Å². The van der Waals surface area contributed by atoms with Gasteiger partial charge in [-0.1, -0.05) is 18.2 Å². The summed E-state index contributed by atoms with van der Waals surface area (Å²) in [7, 11) is 0. The second-order valence-electron chi connectivity index (χ2n) is 15.2. The van der Waals surface area contributed by atoms with E-state index in [-0.39, 0.29) is 12.1 Å². The number of nitrogens with zero attached hydrogens (tertiary/aromatic N) is 6. The molecule has 11 nitrogen and oxygen atoms in total. The van der Waals surface area contributed by atoms with Crippen LogP contribution < -0.4 is 4.74 Å². The molecule has 3 fully saturated rings. The van der Waals surface area contributed by atoms with Crippen molar-refractivity contribution in [2.24, 2.45) is 0 Å². The maximum absolute atomic E-state index is 12.9. The van der Waals surface area contributed by atoms with Gasteiger partial charge in [0.1, 0.15) is 18.0 Å². The highest BCUT2D eigenvalue weighted by Crippen LogP contribution is 2.31. The van der Waals surface area contributed by atoms with Crippen molar-refractivity contribution in [3.63, 3.8) is 0 Å². The number of pyridine rings is 1. The number of hydrogen-bond acceptors (Lipinski definition) is 9. The molecule has 6 heterocycles. The lowest BCUT2D eigenvalue weighted by Crippen LogP contribution is -2.35. The number of piperidine rings is 1. The van der Waals surface area contributed by atoms with Crippen molar-refractivity contribution in [1.82, 2.24) is 29.2 Å². The van der Waals surface area contributed by atoms with E-state index in [2.05, 4.69) is 44.5 Å². The Kier molecular flexibility index (Phi) is 9.52. The maximum Gasteiger partial charge on any atom is 0.338 e. The van der Waals surface area contributed by atoms with E-state index in [1.54, 1.807) is 0 Å². The number of aromatic nitrogens is 5. The predicted octanol–water partition coefficient (Wildman–Crippen LogP) is 6.84. The molecule has 268 valence electrons. The molecule has 11 heteroatoms. The van der Waals surface area contributed by atoms with Crippen LogP contribution >= 0.6 is 0 Å². The molecule has 1 atom stereocenters. The Morgan fingerprint density at radius 3 is 2.51 bits per heavy atom. The van der Waals surface area contributed by atoms with E-state index in [9.17, 15) is 4.79 Å². The van der Waals surface area contributed by atoms with Gasteiger partial charge in [-0.15, -0.1) is 0 Å². The van der Waals surface area contributed by atoms with Crippen LogP contribution in [-0.4, -0.2) is 79.8 Å². The number of fused-ring (bicyclic) bond motifs is 2. The Morgan fingerprint density at radius 2 is 1.75 bits per heavy atom. The third-order valence-electron chi connectivity index (χ3n) is 10.3. The van der Waals surface area contributed by atoms with E-state index in [1.807, 2.05) is 51.2 Å². The van der Waals surface area contributed by atoms with Crippen LogP contribution in [-0.2, 0) is 33.9 Å². The maximum atomic E-state index is 12.9. The molecule has 5 aromatic rings. The topological polar surface area (TPSA) is 106 Å². The summed E-state index contributed by atoms with van der Waals surface area (Å²) < 4.78 is 27.7. The van der Waals surface area contributed by atoms with Crippen molar-refractivity contribution in [1.29, 1.82) is 0 Å². The van der Waals surface area contributed by atoms with Gasteiger partial charge in [-0.2, -0.15) is 5.10 Å². The van der Waals surface area contributed by atoms with E-state index in [0.29, 0.717) is 30.0 Å². The van der Waals surface area contributed by atoms with Gasteiger partial charge in [0, 0.05) is 42.9 Å². The third kappa shape index (κ3) is 7.66. The van der Waals surface area contributed by atoms with E-state index in [4.69, 9.17) is 34.0 Å². The second-order valence-corrected chi connectivity index (χ2v) is 15.2. The molecule has 8 rings (SSSR count). The standard InChI is InChI=1S/C40H48N6O5/c1-40(2,3)51-39(47)29-9-10-34-36(22-29)45(24-32-15-20-49-32)37(42-34)25-44-16-11-28(12-17-44)33-5-4-6-38(43-33)50-26-27-7-8-30-23-41-46(35(30)21-27)31-13-18-48-19-14-31/h4-10,21-23,28,31-32H,11-20,24-26H2,1-3H3/t32-/m0/s1. The largest absolute Gasteiger partial charge is 0.473 e. The molecule has 3 aliphatic rings. The Balaban J connectivity index is 0.908. The number of esters is 1. The molecule has 3 aliphatic heterocycles. The van der Waals surface area contributed by atoms with Gasteiger partial charge in [0.25, 0.3) is 0 Å². The van der Waals surface area contributed by atoms with E-state index >= 15 is 0 Å². The number of rotatable bonds is 10. The van der Waals surface area contributed by atoms with Gasteiger partial charge in [-0.25, -0.2) is 14.8 Å². The molecule has 2 aromatic carbocycles. The first-order chi connectivity index (χ1) is 24.8. The van der Waals surface area contributed by atoms with Crippen LogP contribution in [0.3, 0.4) is 0 Å². The molecule has 0 saturated carbocycles. The molecule has 0 amide bonds. The molecule has 3 aromatic heterocycles. The van der Waals surface area contributed by atoms with E-state index < -0.39 is 5.60 Å². The number of carbonyl (C=O) groups excluding carboxylic acids is 1. The SMILES string of the molecule is CC(C)(C)OC(=O)c1ccc2nc(CN3CCC(c4cccc(OCc5ccc6cnn(C7CCOCC7)c6c5)n4)CC3)n(C[C@@H]3CCO3)c2c1. The first-order valence-electron chi connectivity index (χ1n) is 18.5. The minimum atomic E-state index is -0.556. The number of imidazole rings is 1. The lowest BCUT2D eigenvalue weighted by Gasteiger charge is -2.32. The van der Waals surface area contributed by atoms with Crippen molar-refractivity contribution in [3.05, 3.63) is 83.4 Å². The zero-order valence-electron chi connectivity index (χ0n) is 29.9. The summed E-state index contributed by atoms with van der Waals surface area (Å²) in [6, 6.07) is 18.6. The lowest BCUT2D eigenvalue weighted by molar-refractivity contribution is -0.0592. The van der Waals surface area contributed by atoms with Gasteiger partial charge in [0.15, 0.2) is 0 Å². The minimum Gasteiger partial charge on any atom is -0.473 e. The molecule has 0 radical (unpaired) electrons. The number of carbonyl (C=O) groups is 1. The molecule has 3 saturated heterocycles. The number of hydrogen-bond donors (Lipinski definition) is 0. The zero-order chi connectivity index (χ0) is 35.0. The molecule has 0 N–H and O–H groups in total. The summed E-state index contributed by atoms with van der Waals surface area (Å²) in [6.45, 7) is 11.8. The van der Waals surface area contributed by atoms with Crippen molar-refractivity contribution >= 4 is 27.9 Å². The molecule has 0 unspecified atom stereocenters. The van der Waals surface area contributed by atoms with Crippen LogP contribution in [0.1, 0.15) is 92.3 Å². The molecule has 0 bridgehead atoms. The fraction of sp³-hybridized carbons (Fsp3) is 0.500. The van der Waals surface area contributed by atoms with Crippen molar-refractivity contribution in [2.75, 3.05) is 32.9 Å². The number of likely N-dealkylation sites (tertiary alicyclic amines) is 1. The highest BCUT2D eigenvalue weighted by Gasteiger charge is 2.27. The average Bonchev–Trinajstić information content (AvgIpc) is 3.69. The molecular weight excluding hydrogens is 644 g/mol. The fourth-order valence-electron chi connectivity index (χ4n) is 7.47. The monoisotopic (exact) mass is 692 g/mol. The fourth-order valence-corrected chi connectivity index (χ4v) is 7.47.